The lowest BCUT2D eigenvalue weighted by Gasteiger charge is -2.35. The average molecular weight is 399 g/mol. The fourth-order valence-electron chi connectivity index (χ4n) is 3.51. The van der Waals surface area contributed by atoms with Gasteiger partial charge in [0.05, 0.1) is 0 Å². The Morgan fingerprint density at radius 2 is 1.82 bits per heavy atom. The Morgan fingerprint density at radius 3 is 2.46 bits per heavy atom. The molecule has 28 heavy (non-hydrogen) atoms. The van der Waals surface area contributed by atoms with E-state index in [-0.39, 0.29) is 17.2 Å². The maximum Gasteiger partial charge on any atom is 0.247 e. The van der Waals surface area contributed by atoms with Crippen LogP contribution in [0.15, 0.2) is 48.5 Å². The van der Waals surface area contributed by atoms with Crippen LogP contribution in [0.5, 0.6) is 0 Å². The predicted octanol–water partition coefficient (Wildman–Crippen LogP) is 4.27. The van der Waals surface area contributed by atoms with Gasteiger partial charge in [0.1, 0.15) is 6.04 Å². The summed E-state index contributed by atoms with van der Waals surface area (Å²) in [6, 6.07) is 15.0. The molecule has 1 unspecified atom stereocenters. The van der Waals surface area contributed by atoms with E-state index in [9.17, 15) is 9.59 Å². The van der Waals surface area contributed by atoms with Crippen LogP contribution >= 0.6 is 11.6 Å². The molecule has 1 N–H and O–H groups in total. The minimum absolute atomic E-state index is 0.0281. The molecule has 1 saturated heterocycles. The zero-order valence-corrected chi connectivity index (χ0v) is 17.4. The van der Waals surface area contributed by atoms with E-state index >= 15 is 0 Å². The third kappa shape index (κ3) is 4.56. The molecule has 2 aromatic carbocycles. The van der Waals surface area contributed by atoms with E-state index in [4.69, 9.17) is 11.6 Å². The second-order valence-corrected chi connectivity index (χ2v) is 8.66. The van der Waals surface area contributed by atoms with Crippen molar-refractivity contribution in [2.45, 2.75) is 45.1 Å². The fraction of sp³-hybridized carbons (Fsp3) is 0.391. The van der Waals surface area contributed by atoms with Gasteiger partial charge in [-0.1, -0.05) is 74.8 Å². The summed E-state index contributed by atoms with van der Waals surface area (Å²) < 4.78 is 0. The van der Waals surface area contributed by atoms with Gasteiger partial charge in [0.15, 0.2) is 0 Å². The normalized spacial score (nSPS) is 17.4. The van der Waals surface area contributed by atoms with Crippen LogP contribution in [0.1, 0.15) is 49.9 Å². The number of rotatable bonds is 4. The number of nitrogens with zero attached hydrogens (tertiary/aromatic N) is 1. The summed E-state index contributed by atoms with van der Waals surface area (Å²) >= 11 is 6.30. The maximum absolute atomic E-state index is 12.9. The summed E-state index contributed by atoms with van der Waals surface area (Å²) in [6.07, 6.45) is 1.01. The summed E-state index contributed by atoms with van der Waals surface area (Å²) in [6.45, 7) is 7.50. The van der Waals surface area contributed by atoms with Crippen LogP contribution in [-0.2, 0) is 21.4 Å². The number of benzene rings is 2. The summed E-state index contributed by atoms with van der Waals surface area (Å²) in [7, 11) is 0. The third-order valence-electron chi connectivity index (χ3n) is 5.18. The van der Waals surface area contributed by atoms with Crippen LogP contribution in [0.2, 0.25) is 5.02 Å². The van der Waals surface area contributed by atoms with E-state index in [0.29, 0.717) is 36.5 Å². The van der Waals surface area contributed by atoms with Gasteiger partial charge in [0.2, 0.25) is 11.8 Å². The minimum atomic E-state index is -0.668. The fourth-order valence-corrected chi connectivity index (χ4v) is 3.75. The molecule has 4 nitrogen and oxygen atoms in total. The molecule has 2 amide bonds. The average Bonchev–Trinajstić information content (AvgIpc) is 2.66. The quantitative estimate of drug-likeness (QED) is 0.836. The molecule has 5 heteroatoms. The van der Waals surface area contributed by atoms with Crippen molar-refractivity contribution in [2.75, 3.05) is 13.1 Å². The largest absolute Gasteiger partial charge is 0.352 e. The number of carbonyl (C=O) groups is 2. The lowest BCUT2D eigenvalue weighted by atomic mass is 9.86. The number of hydrogen-bond donors (Lipinski definition) is 1. The van der Waals surface area contributed by atoms with E-state index in [0.717, 1.165) is 5.56 Å². The highest BCUT2D eigenvalue weighted by atomic mass is 35.5. The lowest BCUT2D eigenvalue weighted by Crippen LogP contribution is -2.52. The van der Waals surface area contributed by atoms with Crippen LogP contribution in [0.3, 0.4) is 0 Å². The number of hydrogen-bond acceptors (Lipinski definition) is 2. The molecule has 1 fully saturated rings. The zero-order chi connectivity index (χ0) is 20.3. The Hall–Kier alpha value is -2.33. The zero-order valence-electron chi connectivity index (χ0n) is 16.7. The van der Waals surface area contributed by atoms with Crippen LogP contribution in [0.4, 0.5) is 0 Å². The Bertz CT molecular complexity index is 856. The van der Waals surface area contributed by atoms with Crippen LogP contribution in [0, 0.1) is 0 Å². The van der Waals surface area contributed by atoms with Crippen molar-refractivity contribution in [2.24, 2.45) is 0 Å². The monoisotopic (exact) mass is 398 g/mol. The molecule has 0 spiro atoms. The van der Waals surface area contributed by atoms with Crippen molar-refractivity contribution >= 4 is 23.4 Å². The lowest BCUT2D eigenvalue weighted by molar-refractivity contribution is -0.143. The molecule has 0 radical (unpaired) electrons. The maximum atomic E-state index is 12.9. The topological polar surface area (TPSA) is 49.4 Å². The van der Waals surface area contributed by atoms with Crippen LogP contribution in [-0.4, -0.2) is 29.8 Å². The Labute approximate surface area is 171 Å². The smallest absolute Gasteiger partial charge is 0.247 e. The number of halogens is 1. The van der Waals surface area contributed by atoms with E-state index < -0.39 is 6.04 Å². The molecule has 3 rings (SSSR count). The van der Waals surface area contributed by atoms with Crippen molar-refractivity contribution < 1.29 is 9.59 Å². The minimum Gasteiger partial charge on any atom is -0.352 e. The van der Waals surface area contributed by atoms with Gasteiger partial charge in [-0.2, -0.15) is 0 Å². The molecule has 2 aromatic rings. The van der Waals surface area contributed by atoms with Gasteiger partial charge in [-0.05, 0) is 29.0 Å². The molecule has 1 atom stereocenters. The Morgan fingerprint density at radius 1 is 1.14 bits per heavy atom. The van der Waals surface area contributed by atoms with E-state index in [1.54, 1.807) is 11.0 Å². The number of aryl methyl sites for hydroxylation is 1. The standard InChI is InChI=1S/C23H27ClN2O2/c1-23(2,3)17-11-8-16(9-12-17)10-13-20(27)26-15-14-25-22(28)21(26)18-6-4-5-7-19(18)24/h4-9,11-12,21H,10,13-15H2,1-3H3,(H,25,28). The van der Waals surface area contributed by atoms with E-state index in [1.165, 1.54) is 5.56 Å². The summed E-state index contributed by atoms with van der Waals surface area (Å²) in [4.78, 5) is 27.1. The summed E-state index contributed by atoms with van der Waals surface area (Å²) in [5, 5.41) is 3.35. The van der Waals surface area contributed by atoms with Crippen molar-refractivity contribution in [3.63, 3.8) is 0 Å². The summed E-state index contributed by atoms with van der Waals surface area (Å²) in [5.41, 5.74) is 3.17. The molecular weight excluding hydrogens is 372 g/mol. The highest BCUT2D eigenvalue weighted by Gasteiger charge is 2.35. The second-order valence-electron chi connectivity index (χ2n) is 8.25. The van der Waals surface area contributed by atoms with E-state index in [1.807, 2.05) is 18.2 Å². The molecule has 1 aliphatic rings. The van der Waals surface area contributed by atoms with Crippen LogP contribution in [0.25, 0.3) is 0 Å². The van der Waals surface area contributed by atoms with Gasteiger partial charge in [-0.3, -0.25) is 9.59 Å². The Kier molecular flexibility index (Phi) is 6.09. The third-order valence-corrected chi connectivity index (χ3v) is 5.52. The number of piperazine rings is 1. The van der Waals surface area contributed by atoms with Gasteiger partial charge in [-0.25, -0.2) is 0 Å². The Balaban J connectivity index is 1.71. The molecule has 1 heterocycles. The number of amides is 2. The van der Waals surface area contributed by atoms with Gasteiger partial charge in [-0.15, -0.1) is 0 Å². The predicted molar refractivity (Wildman–Crippen MR) is 112 cm³/mol. The van der Waals surface area contributed by atoms with Crippen molar-refractivity contribution in [3.8, 4) is 0 Å². The first kappa shape index (κ1) is 20.4. The van der Waals surface area contributed by atoms with Gasteiger partial charge in [0, 0.05) is 30.1 Å². The van der Waals surface area contributed by atoms with Gasteiger partial charge < -0.3 is 10.2 Å². The molecule has 0 bridgehead atoms. The highest BCUT2D eigenvalue weighted by Crippen LogP contribution is 2.30. The first-order valence-corrected chi connectivity index (χ1v) is 10.1. The van der Waals surface area contributed by atoms with E-state index in [2.05, 4.69) is 50.4 Å². The molecule has 148 valence electrons. The van der Waals surface area contributed by atoms with Gasteiger partial charge in [0.25, 0.3) is 0 Å². The molecule has 0 aliphatic carbocycles. The molecular formula is C23H27ClN2O2. The van der Waals surface area contributed by atoms with Crippen molar-refractivity contribution in [3.05, 3.63) is 70.2 Å². The molecule has 0 aromatic heterocycles. The molecule has 0 saturated carbocycles. The molecule has 1 aliphatic heterocycles. The number of carbonyl (C=O) groups excluding carboxylic acids is 2. The first-order valence-electron chi connectivity index (χ1n) is 9.68. The SMILES string of the molecule is CC(C)(C)c1ccc(CCC(=O)N2CCNC(=O)C2c2ccccc2Cl)cc1. The van der Waals surface area contributed by atoms with Crippen molar-refractivity contribution in [1.29, 1.82) is 0 Å². The van der Waals surface area contributed by atoms with Crippen LogP contribution < -0.4 is 5.32 Å². The summed E-state index contributed by atoms with van der Waals surface area (Å²) in [5.74, 6) is -0.207. The first-order chi connectivity index (χ1) is 13.3. The second kappa shape index (κ2) is 8.36. The van der Waals surface area contributed by atoms with Gasteiger partial charge >= 0.3 is 0 Å². The highest BCUT2D eigenvalue weighted by molar-refractivity contribution is 6.31. The van der Waals surface area contributed by atoms with Crippen molar-refractivity contribution in [1.82, 2.24) is 10.2 Å². The number of nitrogens with one attached hydrogen (secondary N) is 1.